The van der Waals surface area contributed by atoms with Gasteiger partial charge in [-0.3, -0.25) is 9.59 Å². The number of rotatable bonds is 5. The zero-order valence-electron chi connectivity index (χ0n) is 9.50. The second-order valence-corrected chi connectivity index (χ2v) is 4.88. The fourth-order valence-corrected chi connectivity index (χ4v) is 1.85. The number of benzene rings is 1. The van der Waals surface area contributed by atoms with Crippen molar-refractivity contribution in [3.8, 4) is 0 Å². The predicted octanol–water partition coefficient (Wildman–Crippen LogP) is 3.64. The third-order valence-corrected chi connectivity index (χ3v) is 3.11. The summed E-state index contributed by atoms with van der Waals surface area (Å²) in [6.45, 7) is 3.70. The van der Waals surface area contributed by atoms with Crippen LogP contribution < -0.4 is 0 Å². The summed E-state index contributed by atoms with van der Waals surface area (Å²) in [7, 11) is 0. The van der Waals surface area contributed by atoms with Gasteiger partial charge >= 0.3 is 0 Å². The Balaban J connectivity index is 2.60. The molecule has 0 heterocycles. The minimum atomic E-state index is 0.00649. The van der Waals surface area contributed by atoms with Gasteiger partial charge in [-0.15, -0.1) is 0 Å². The highest BCUT2D eigenvalue weighted by Gasteiger charge is 2.13. The van der Waals surface area contributed by atoms with E-state index >= 15 is 0 Å². The number of carbonyl (C=O) groups is 2. The molecule has 86 valence electrons. The Bertz CT molecular complexity index is 397. The summed E-state index contributed by atoms with van der Waals surface area (Å²) in [6, 6.07) is 7.28. The fraction of sp³-hybridized carbons (Fsp3) is 0.385. The maximum absolute atomic E-state index is 11.8. The van der Waals surface area contributed by atoms with Crippen LogP contribution in [-0.4, -0.2) is 11.6 Å². The Labute approximate surface area is 104 Å². The first-order chi connectivity index (χ1) is 7.52. The number of hydrogen-bond donors (Lipinski definition) is 0. The van der Waals surface area contributed by atoms with Crippen molar-refractivity contribution in [2.45, 2.75) is 26.7 Å². The van der Waals surface area contributed by atoms with Crippen LogP contribution in [0, 0.1) is 5.92 Å². The van der Waals surface area contributed by atoms with Gasteiger partial charge in [-0.1, -0.05) is 48.0 Å². The molecule has 0 fully saturated rings. The Hall–Kier alpha value is -0.960. The monoisotopic (exact) mass is 282 g/mol. The molecule has 0 aliphatic carbocycles. The van der Waals surface area contributed by atoms with Crippen LogP contribution in [0.4, 0.5) is 0 Å². The van der Waals surface area contributed by atoms with Crippen molar-refractivity contribution in [2.24, 2.45) is 5.92 Å². The largest absolute Gasteiger partial charge is 0.299 e. The second-order valence-electron chi connectivity index (χ2n) is 4.02. The molecule has 1 aromatic rings. The smallest absolute Gasteiger partial charge is 0.164 e. The SMILES string of the molecule is CC(C)C(=O)CCC(=O)c1ccccc1Br. The van der Waals surface area contributed by atoms with Crippen LogP contribution in [-0.2, 0) is 4.79 Å². The first-order valence-electron chi connectivity index (χ1n) is 5.33. The normalized spacial score (nSPS) is 10.5. The maximum atomic E-state index is 11.8. The topological polar surface area (TPSA) is 34.1 Å². The van der Waals surface area contributed by atoms with Crippen LogP contribution in [0.2, 0.25) is 0 Å². The fourth-order valence-electron chi connectivity index (χ4n) is 1.35. The van der Waals surface area contributed by atoms with Crippen LogP contribution in [0.25, 0.3) is 0 Å². The van der Waals surface area contributed by atoms with Crippen LogP contribution in [0.5, 0.6) is 0 Å². The molecule has 2 nitrogen and oxygen atoms in total. The maximum Gasteiger partial charge on any atom is 0.164 e. The first-order valence-corrected chi connectivity index (χ1v) is 6.12. The molecule has 0 saturated carbocycles. The highest BCUT2D eigenvalue weighted by Crippen LogP contribution is 2.18. The van der Waals surface area contributed by atoms with Crippen LogP contribution in [0.3, 0.4) is 0 Å². The zero-order valence-corrected chi connectivity index (χ0v) is 11.1. The summed E-state index contributed by atoms with van der Waals surface area (Å²) in [4.78, 5) is 23.2. The standard InChI is InChI=1S/C13H15BrO2/c1-9(2)12(15)7-8-13(16)10-5-3-4-6-11(10)14/h3-6,9H,7-8H2,1-2H3. The van der Waals surface area contributed by atoms with E-state index in [9.17, 15) is 9.59 Å². The van der Waals surface area contributed by atoms with Crippen molar-refractivity contribution in [1.82, 2.24) is 0 Å². The van der Waals surface area contributed by atoms with Gasteiger partial charge in [-0.05, 0) is 6.07 Å². The van der Waals surface area contributed by atoms with E-state index in [2.05, 4.69) is 15.9 Å². The van der Waals surface area contributed by atoms with E-state index in [0.717, 1.165) is 4.47 Å². The summed E-state index contributed by atoms with van der Waals surface area (Å²) in [6.07, 6.45) is 0.622. The van der Waals surface area contributed by atoms with Crippen molar-refractivity contribution in [3.05, 3.63) is 34.3 Å². The highest BCUT2D eigenvalue weighted by molar-refractivity contribution is 9.10. The van der Waals surface area contributed by atoms with Gasteiger partial charge in [-0.25, -0.2) is 0 Å². The minimum absolute atomic E-state index is 0.00649. The summed E-state index contributed by atoms with van der Waals surface area (Å²) in [5, 5.41) is 0. The Morgan fingerprint density at radius 2 is 1.81 bits per heavy atom. The minimum Gasteiger partial charge on any atom is -0.299 e. The summed E-state index contributed by atoms with van der Waals surface area (Å²) in [5.41, 5.74) is 0.652. The molecule has 0 atom stereocenters. The van der Waals surface area contributed by atoms with E-state index in [-0.39, 0.29) is 17.5 Å². The van der Waals surface area contributed by atoms with Gasteiger partial charge < -0.3 is 0 Å². The van der Waals surface area contributed by atoms with Crippen LogP contribution in [0.15, 0.2) is 28.7 Å². The molecule has 1 rings (SSSR count). The Morgan fingerprint density at radius 1 is 1.19 bits per heavy atom. The van der Waals surface area contributed by atoms with E-state index < -0.39 is 0 Å². The molecule has 0 unspecified atom stereocenters. The molecule has 0 amide bonds. The first kappa shape index (κ1) is 13.1. The number of ketones is 2. The molecule has 0 radical (unpaired) electrons. The molecule has 0 N–H and O–H groups in total. The summed E-state index contributed by atoms with van der Waals surface area (Å²) >= 11 is 3.33. The van der Waals surface area contributed by atoms with Crippen LogP contribution in [0.1, 0.15) is 37.0 Å². The van der Waals surface area contributed by atoms with Crippen molar-refractivity contribution in [3.63, 3.8) is 0 Å². The van der Waals surface area contributed by atoms with Gasteiger partial charge in [0.25, 0.3) is 0 Å². The Morgan fingerprint density at radius 3 is 2.38 bits per heavy atom. The van der Waals surface area contributed by atoms with E-state index in [1.807, 2.05) is 32.0 Å². The zero-order chi connectivity index (χ0) is 12.1. The van der Waals surface area contributed by atoms with Gasteiger partial charge in [0.1, 0.15) is 5.78 Å². The number of hydrogen-bond acceptors (Lipinski definition) is 2. The van der Waals surface area contributed by atoms with Crippen molar-refractivity contribution < 1.29 is 9.59 Å². The lowest BCUT2D eigenvalue weighted by atomic mass is 10.0. The molecule has 3 heteroatoms. The average molecular weight is 283 g/mol. The van der Waals surface area contributed by atoms with E-state index in [0.29, 0.717) is 18.4 Å². The lowest BCUT2D eigenvalue weighted by molar-refractivity contribution is -0.121. The molecular weight excluding hydrogens is 268 g/mol. The van der Waals surface area contributed by atoms with Gasteiger partial charge in [-0.2, -0.15) is 0 Å². The number of carbonyl (C=O) groups excluding carboxylic acids is 2. The molecule has 16 heavy (non-hydrogen) atoms. The lowest BCUT2D eigenvalue weighted by Crippen LogP contribution is -2.10. The summed E-state index contributed by atoms with van der Waals surface area (Å²) in [5.74, 6) is 0.161. The van der Waals surface area contributed by atoms with Gasteiger partial charge in [0, 0.05) is 28.8 Å². The van der Waals surface area contributed by atoms with Crippen molar-refractivity contribution >= 4 is 27.5 Å². The van der Waals surface area contributed by atoms with Gasteiger partial charge in [0.2, 0.25) is 0 Å². The lowest BCUT2D eigenvalue weighted by Gasteiger charge is -2.05. The van der Waals surface area contributed by atoms with E-state index in [1.54, 1.807) is 6.07 Å². The molecule has 0 aliphatic rings. The molecule has 0 bridgehead atoms. The second kappa shape index (κ2) is 5.94. The molecule has 0 spiro atoms. The van der Waals surface area contributed by atoms with E-state index in [1.165, 1.54) is 0 Å². The molecule has 0 aliphatic heterocycles. The quantitative estimate of drug-likeness (QED) is 0.773. The average Bonchev–Trinajstić information content (AvgIpc) is 2.25. The summed E-state index contributed by atoms with van der Waals surface area (Å²) < 4.78 is 0.789. The number of halogens is 1. The van der Waals surface area contributed by atoms with E-state index in [4.69, 9.17) is 0 Å². The van der Waals surface area contributed by atoms with Crippen molar-refractivity contribution in [2.75, 3.05) is 0 Å². The van der Waals surface area contributed by atoms with Gasteiger partial charge in [0.15, 0.2) is 5.78 Å². The Kier molecular flexibility index (Phi) is 4.87. The molecule has 0 saturated heterocycles. The predicted molar refractivity (Wildman–Crippen MR) is 67.6 cm³/mol. The van der Waals surface area contributed by atoms with Crippen LogP contribution >= 0.6 is 15.9 Å². The third kappa shape index (κ3) is 3.56. The van der Waals surface area contributed by atoms with Crippen molar-refractivity contribution in [1.29, 1.82) is 0 Å². The van der Waals surface area contributed by atoms with Gasteiger partial charge in [0.05, 0.1) is 0 Å². The molecule has 1 aromatic carbocycles. The highest BCUT2D eigenvalue weighted by atomic mass is 79.9. The molecule has 0 aromatic heterocycles. The number of Topliss-reactive ketones (excluding diaryl/α,β-unsaturated/α-hetero) is 2. The third-order valence-electron chi connectivity index (χ3n) is 2.42. The molecular formula is C13H15BrO2.